The van der Waals surface area contributed by atoms with Crippen LogP contribution in [0.15, 0.2) is 12.3 Å². The maximum absolute atomic E-state index is 12.4. The lowest BCUT2D eigenvalue weighted by Crippen LogP contribution is -2.32. The highest BCUT2D eigenvalue weighted by atomic mass is 16.3. The lowest BCUT2D eigenvalue weighted by Gasteiger charge is -2.18. The highest BCUT2D eigenvalue weighted by Gasteiger charge is 2.43. The van der Waals surface area contributed by atoms with Crippen LogP contribution in [-0.4, -0.2) is 39.7 Å². The van der Waals surface area contributed by atoms with E-state index in [0.717, 1.165) is 19.4 Å². The lowest BCUT2D eigenvalue weighted by atomic mass is 10.00. The van der Waals surface area contributed by atoms with E-state index in [9.17, 15) is 9.90 Å². The number of aliphatic hydroxyl groups is 1. The molecule has 1 saturated heterocycles. The summed E-state index contributed by atoms with van der Waals surface area (Å²) < 4.78 is 1.77. The summed E-state index contributed by atoms with van der Waals surface area (Å²) in [6, 6.07) is 1.72. The Bertz CT molecular complexity index is 483. The van der Waals surface area contributed by atoms with Gasteiger partial charge in [0.25, 0.3) is 5.91 Å². The van der Waals surface area contributed by atoms with Crippen LogP contribution < -0.4 is 5.73 Å². The zero-order valence-electron chi connectivity index (χ0n) is 10.5. The monoisotopic (exact) mass is 249 g/mol. The number of aromatic nitrogens is 1. The number of anilines is 1. The number of carbonyl (C=O) groups is 1. The molecule has 1 aliphatic heterocycles. The third-order valence-corrected chi connectivity index (χ3v) is 4.35. The Morgan fingerprint density at radius 3 is 2.83 bits per heavy atom. The van der Waals surface area contributed by atoms with Crippen molar-refractivity contribution in [2.75, 3.05) is 18.8 Å². The summed E-state index contributed by atoms with van der Waals surface area (Å²) in [4.78, 5) is 14.2. The second-order valence-electron chi connectivity index (χ2n) is 5.55. The van der Waals surface area contributed by atoms with Crippen LogP contribution in [0.2, 0.25) is 0 Å². The second-order valence-corrected chi connectivity index (χ2v) is 5.55. The quantitative estimate of drug-likeness (QED) is 0.759. The third-order valence-electron chi connectivity index (χ3n) is 4.35. The summed E-state index contributed by atoms with van der Waals surface area (Å²) >= 11 is 0. The molecule has 0 spiro atoms. The number of nitrogen functional groups attached to an aromatic ring is 1. The highest BCUT2D eigenvalue weighted by Crippen LogP contribution is 2.38. The topological polar surface area (TPSA) is 71.5 Å². The molecule has 1 saturated carbocycles. The molecule has 3 N–H and O–H groups in total. The van der Waals surface area contributed by atoms with E-state index in [0.29, 0.717) is 23.8 Å². The Morgan fingerprint density at radius 2 is 2.22 bits per heavy atom. The summed E-state index contributed by atoms with van der Waals surface area (Å²) in [5.41, 5.74) is 6.94. The van der Waals surface area contributed by atoms with Crippen molar-refractivity contribution in [2.45, 2.75) is 18.9 Å². The summed E-state index contributed by atoms with van der Waals surface area (Å²) in [6.45, 7) is 1.45. The van der Waals surface area contributed by atoms with Gasteiger partial charge in [-0.25, -0.2) is 0 Å². The van der Waals surface area contributed by atoms with Crippen LogP contribution in [0.4, 0.5) is 5.69 Å². The van der Waals surface area contributed by atoms with Gasteiger partial charge in [-0.15, -0.1) is 0 Å². The highest BCUT2D eigenvalue weighted by molar-refractivity contribution is 5.94. The first-order valence-electron chi connectivity index (χ1n) is 6.45. The van der Waals surface area contributed by atoms with Gasteiger partial charge in [0.15, 0.2) is 0 Å². The van der Waals surface area contributed by atoms with Crippen LogP contribution in [0, 0.1) is 11.8 Å². The number of fused-ring (bicyclic) bond motifs is 1. The average molecular weight is 249 g/mol. The SMILES string of the molecule is Cn1cc(N)cc1C(=O)N1CC2CCC(O)C2C1. The molecule has 3 rings (SSSR count). The smallest absolute Gasteiger partial charge is 0.270 e. The van der Waals surface area contributed by atoms with Gasteiger partial charge >= 0.3 is 0 Å². The van der Waals surface area contributed by atoms with E-state index in [4.69, 9.17) is 5.73 Å². The molecule has 1 aromatic rings. The number of likely N-dealkylation sites (tertiary alicyclic amines) is 1. The van der Waals surface area contributed by atoms with E-state index >= 15 is 0 Å². The van der Waals surface area contributed by atoms with Crippen LogP contribution in [-0.2, 0) is 7.05 Å². The molecule has 5 nitrogen and oxygen atoms in total. The van der Waals surface area contributed by atoms with Crippen LogP contribution in [0.1, 0.15) is 23.3 Å². The van der Waals surface area contributed by atoms with Gasteiger partial charge in [-0.05, 0) is 24.8 Å². The van der Waals surface area contributed by atoms with Gasteiger partial charge in [-0.1, -0.05) is 0 Å². The Labute approximate surface area is 106 Å². The van der Waals surface area contributed by atoms with Crippen molar-refractivity contribution in [3.05, 3.63) is 18.0 Å². The second kappa shape index (κ2) is 4.02. The molecule has 0 radical (unpaired) electrons. The molecule has 0 aromatic carbocycles. The maximum atomic E-state index is 12.4. The van der Waals surface area contributed by atoms with Crippen molar-refractivity contribution in [3.63, 3.8) is 0 Å². The van der Waals surface area contributed by atoms with Crippen molar-refractivity contribution >= 4 is 11.6 Å². The standard InChI is InChI=1S/C13H19N3O2/c1-15-6-9(14)4-11(15)13(18)16-5-8-2-3-12(17)10(8)7-16/h4,6,8,10,12,17H,2-3,5,7,14H2,1H3. The summed E-state index contributed by atoms with van der Waals surface area (Å²) in [7, 11) is 1.83. The van der Waals surface area contributed by atoms with Crippen LogP contribution in [0.25, 0.3) is 0 Å². The minimum atomic E-state index is -0.230. The minimum Gasteiger partial charge on any atom is -0.397 e. The van der Waals surface area contributed by atoms with Gasteiger partial charge in [0.05, 0.1) is 11.8 Å². The Balaban J connectivity index is 1.77. The van der Waals surface area contributed by atoms with E-state index in [1.165, 1.54) is 0 Å². The van der Waals surface area contributed by atoms with Crippen molar-refractivity contribution in [2.24, 2.45) is 18.9 Å². The first-order valence-corrected chi connectivity index (χ1v) is 6.45. The van der Waals surface area contributed by atoms with E-state index in [2.05, 4.69) is 0 Å². The first-order chi connectivity index (χ1) is 8.56. The molecule has 98 valence electrons. The summed E-state index contributed by atoms with van der Waals surface area (Å²) in [6.07, 6.45) is 3.43. The molecular weight excluding hydrogens is 230 g/mol. The predicted octanol–water partition coefficient (Wildman–Crippen LogP) is 0.450. The number of aryl methyl sites for hydroxylation is 1. The average Bonchev–Trinajstić information content (AvgIpc) is 2.96. The molecule has 3 unspecified atom stereocenters. The van der Waals surface area contributed by atoms with Crippen LogP contribution in [0.3, 0.4) is 0 Å². The van der Waals surface area contributed by atoms with Gasteiger partial charge in [0, 0.05) is 32.3 Å². The number of hydrogen-bond donors (Lipinski definition) is 2. The van der Waals surface area contributed by atoms with Gasteiger partial charge < -0.3 is 20.3 Å². The normalized spacial score (nSPS) is 30.8. The Kier molecular flexibility index (Phi) is 2.59. The maximum Gasteiger partial charge on any atom is 0.270 e. The zero-order chi connectivity index (χ0) is 12.9. The Morgan fingerprint density at radius 1 is 1.44 bits per heavy atom. The molecule has 2 fully saturated rings. The zero-order valence-corrected chi connectivity index (χ0v) is 10.5. The first kappa shape index (κ1) is 11.6. The van der Waals surface area contributed by atoms with Gasteiger partial charge in [-0.3, -0.25) is 4.79 Å². The molecule has 2 heterocycles. The fourth-order valence-electron chi connectivity index (χ4n) is 3.37. The van der Waals surface area contributed by atoms with Gasteiger partial charge in [0.1, 0.15) is 5.69 Å². The molecule has 3 atom stereocenters. The molecule has 0 bridgehead atoms. The largest absolute Gasteiger partial charge is 0.397 e. The van der Waals surface area contributed by atoms with Gasteiger partial charge in [0.2, 0.25) is 0 Å². The van der Waals surface area contributed by atoms with E-state index < -0.39 is 0 Å². The molecular formula is C13H19N3O2. The molecule has 1 amide bonds. The summed E-state index contributed by atoms with van der Waals surface area (Å²) in [5, 5.41) is 9.87. The number of nitrogens with zero attached hydrogens (tertiary/aromatic N) is 2. The molecule has 18 heavy (non-hydrogen) atoms. The third kappa shape index (κ3) is 1.70. The van der Waals surface area contributed by atoms with Crippen molar-refractivity contribution < 1.29 is 9.90 Å². The molecule has 5 heteroatoms. The van der Waals surface area contributed by atoms with Crippen molar-refractivity contribution in [3.8, 4) is 0 Å². The van der Waals surface area contributed by atoms with Gasteiger partial charge in [-0.2, -0.15) is 0 Å². The fraction of sp³-hybridized carbons (Fsp3) is 0.615. The van der Waals surface area contributed by atoms with Crippen molar-refractivity contribution in [1.29, 1.82) is 0 Å². The van der Waals surface area contributed by atoms with E-state index in [1.807, 2.05) is 11.9 Å². The van der Waals surface area contributed by atoms with Crippen LogP contribution >= 0.6 is 0 Å². The number of nitrogens with two attached hydrogens (primary N) is 1. The molecule has 1 aliphatic carbocycles. The molecule has 2 aliphatic rings. The molecule has 1 aromatic heterocycles. The number of amides is 1. The predicted molar refractivity (Wildman–Crippen MR) is 67.9 cm³/mol. The van der Waals surface area contributed by atoms with E-state index in [1.54, 1.807) is 16.8 Å². The lowest BCUT2D eigenvalue weighted by molar-refractivity contribution is 0.0743. The van der Waals surface area contributed by atoms with Crippen molar-refractivity contribution in [1.82, 2.24) is 9.47 Å². The van der Waals surface area contributed by atoms with Crippen LogP contribution in [0.5, 0.6) is 0 Å². The fourth-order valence-corrected chi connectivity index (χ4v) is 3.37. The van der Waals surface area contributed by atoms with E-state index in [-0.39, 0.29) is 17.9 Å². The number of aliphatic hydroxyl groups excluding tert-OH is 1. The minimum absolute atomic E-state index is 0.0239. The number of carbonyl (C=O) groups excluding carboxylic acids is 1. The number of rotatable bonds is 1. The number of hydrogen-bond acceptors (Lipinski definition) is 3. The Hall–Kier alpha value is -1.49. The summed E-state index contributed by atoms with van der Waals surface area (Å²) in [5.74, 6) is 0.768.